The van der Waals surface area contributed by atoms with Gasteiger partial charge in [-0.25, -0.2) is 9.97 Å². The maximum atomic E-state index is 8.72. The third-order valence-electron chi connectivity index (χ3n) is 3.22. The lowest BCUT2D eigenvalue weighted by Gasteiger charge is -2.14. The molecule has 0 spiro atoms. The van der Waals surface area contributed by atoms with Crippen LogP contribution in [0.25, 0.3) is 0 Å². The van der Waals surface area contributed by atoms with Crippen LogP contribution in [0.15, 0.2) is 30.6 Å². The monoisotopic (exact) mass is 347 g/mol. The van der Waals surface area contributed by atoms with Crippen molar-refractivity contribution < 1.29 is 0 Å². The second kappa shape index (κ2) is 8.02. The van der Waals surface area contributed by atoms with Crippen molar-refractivity contribution in [2.24, 2.45) is 0 Å². The van der Waals surface area contributed by atoms with Crippen molar-refractivity contribution in [1.29, 1.82) is 10.7 Å². The number of nitrogens with one attached hydrogen (secondary N) is 2. The first-order valence-electron chi connectivity index (χ1n) is 6.97. The lowest BCUT2D eigenvalue weighted by atomic mass is 10.1. The van der Waals surface area contributed by atoms with Gasteiger partial charge in [0.15, 0.2) is 5.82 Å². The van der Waals surface area contributed by atoms with Crippen molar-refractivity contribution in [1.82, 2.24) is 15.3 Å². The minimum absolute atomic E-state index is 0.0495. The van der Waals surface area contributed by atoms with Gasteiger partial charge >= 0.3 is 0 Å². The summed E-state index contributed by atoms with van der Waals surface area (Å²) < 4.78 is 0. The highest BCUT2D eigenvalue weighted by Crippen LogP contribution is 2.20. The normalized spacial score (nSPS) is 11.7. The zero-order valence-corrected chi connectivity index (χ0v) is 14.0. The Labute approximate surface area is 144 Å². The zero-order chi connectivity index (χ0) is 16.8. The zero-order valence-electron chi connectivity index (χ0n) is 12.5. The molecule has 0 fully saturated rings. The fourth-order valence-electron chi connectivity index (χ4n) is 1.96. The summed E-state index contributed by atoms with van der Waals surface area (Å²) in [4.78, 5) is 8.05. The maximum Gasteiger partial charge on any atom is 0.173 e. The van der Waals surface area contributed by atoms with Gasteiger partial charge in [0.25, 0.3) is 0 Å². The topological polar surface area (TPSA) is 85.5 Å². The van der Waals surface area contributed by atoms with Crippen LogP contribution < -0.4 is 5.32 Å². The van der Waals surface area contributed by atoms with Crippen LogP contribution in [0.1, 0.15) is 30.3 Å². The van der Waals surface area contributed by atoms with E-state index in [1.165, 1.54) is 12.4 Å². The first kappa shape index (κ1) is 17.4. The van der Waals surface area contributed by atoms with Crippen molar-refractivity contribution in [3.63, 3.8) is 0 Å². The van der Waals surface area contributed by atoms with Crippen LogP contribution in [0.2, 0.25) is 10.0 Å². The Bertz CT molecular complexity index is 737. The molecule has 0 unspecified atom stereocenters. The minimum atomic E-state index is 0.0495. The first-order valence-corrected chi connectivity index (χ1v) is 7.72. The van der Waals surface area contributed by atoms with E-state index in [-0.39, 0.29) is 6.04 Å². The van der Waals surface area contributed by atoms with Gasteiger partial charge in [0, 0.05) is 41.4 Å². The summed E-state index contributed by atoms with van der Waals surface area (Å²) in [5.41, 5.74) is 1.64. The van der Waals surface area contributed by atoms with E-state index in [9.17, 15) is 0 Å². The lowest BCUT2D eigenvalue weighted by Crippen LogP contribution is -2.28. The number of nitriles is 1. The van der Waals surface area contributed by atoms with Gasteiger partial charge in [-0.2, -0.15) is 5.26 Å². The summed E-state index contributed by atoms with van der Waals surface area (Å²) in [6, 6.07) is 7.37. The van der Waals surface area contributed by atoms with Crippen LogP contribution in [0.3, 0.4) is 0 Å². The van der Waals surface area contributed by atoms with E-state index in [4.69, 9.17) is 33.9 Å². The molecule has 5 nitrogen and oxygen atoms in total. The van der Waals surface area contributed by atoms with Crippen molar-refractivity contribution >= 4 is 28.9 Å². The fraction of sp³-hybridized carbons (Fsp3) is 0.250. The number of hydrogen-bond donors (Lipinski definition) is 2. The molecule has 1 aromatic carbocycles. The number of rotatable bonds is 6. The van der Waals surface area contributed by atoms with Crippen molar-refractivity contribution in [2.45, 2.75) is 25.9 Å². The molecular formula is C16H15Cl2N5. The Hall–Kier alpha value is -2.00. The van der Waals surface area contributed by atoms with Gasteiger partial charge < -0.3 is 10.7 Å². The largest absolute Gasteiger partial charge is 0.310 e. The summed E-state index contributed by atoms with van der Waals surface area (Å²) in [5.74, 6) is 0.335. The molecule has 0 aliphatic heterocycles. The molecule has 7 heteroatoms. The average molecular weight is 348 g/mol. The molecule has 0 bridgehead atoms. The molecule has 0 amide bonds. The highest BCUT2D eigenvalue weighted by atomic mass is 35.5. The summed E-state index contributed by atoms with van der Waals surface area (Å²) in [6.07, 6.45) is 3.31. The lowest BCUT2D eigenvalue weighted by molar-refractivity contribution is 0.562. The molecule has 2 rings (SSSR count). The Morgan fingerprint density at radius 1 is 1.35 bits per heavy atom. The van der Waals surface area contributed by atoms with Gasteiger partial charge in [-0.05, 0) is 24.6 Å². The second-order valence-corrected chi connectivity index (χ2v) is 5.95. The molecular weight excluding hydrogens is 333 g/mol. The molecule has 0 saturated heterocycles. The maximum absolute atomic E-state index is 8.72. The number of hydrogen-bond acceptors (Lipinski definition) is 5. The molecule has 0 aliphatic rings. The molecule has 1 aromatic heterocycles. The standard InChI is InChI=1S/C16H15Cl2N5/c1-10(21-9-12-2-3-13(17)5-14(12)18)4-15(20)16-22-7-11(6-19)8-23-16/h2-3,5,7-8,10,20-21H,4,9H2,1H3/t10-/m0/s1. The van der Waals surface area contributed by atoms with Crippen LogP contribution in [0.5, 0.6) is 0 Å². The van der Waals surface area contributed by atoms with E-state index in [1.807, 2.05) is 19.1 Å². The van der Waals surface area contributed by atoms with E-state index in [0.29, 0.717) is 40.1 Å². The van der Waals surface area contributed by atoms with Gasteiger partial charge in [0.1, 0.15) is 6.07 Å². The van der Waals surface area contributed by atoms with E-state index < -0.39 is 0 Å². The quantitative estimate of drug-likeness (QED) is 0.781. The van der Waals surface area contributed by atoms with E-state index in [1.54, 1.807) is 12.1 Å². The predicted molar refractivity (Wildman–Crippen MR) is 91.0 cm³/mol. The third-order valence-corrected chi connectivity index (χ3v) is 3.80. The minimum Gasteiger partial charge on any atom is -0.310 e. The number of nitrogens with zero attached hydrogens (tertiary/aromatic N) is 3. The molecule has 0 radical (unpaired) electrons. The third kappa shape index (κ3) is 5.00. The van der Waals surface area contributed by atoms with Crippen LogP contribution in [-0.4, -0.2) is 21.7 Å². The molecule has 118 valence electrons. The Balaban J connectivity index is 1.89. The summed E-state index contributed by atoms with van der Waals surface area (Å²) in [7, 11) is 0. The van der Waals surface area contributed by atoms with Gasteiger partial charge in [-0.1, -0.05) is 29.3 Å². The summed E-state index contributed by atoms with van der Waals surface area (Å²) in [6.45, 7) is 2.56. The first-order chi connectivity index (χ1) is 11.0. The number of aromatic nitrogens is 2. The number of benzene rings is 1. The van der Waals surface area contributed by atoms with E-state index in [0.717, 1.165) is 5.56 Å². The number of halogens is 2. The van der Waals surface area contributed by atoms with E-state index in [2.05, 4.69) is 15.3 Å². The molecule has 2 N–H and O–H groups in total. The van der Waals surface area contributed by atoms with Crippen molar-refractivity contribution in [3.8, 4) is 6.07 Å². The molecule has 1 atom stereocenters. The highest BCUT2D eigenvalue weighted by Gasteiger charge is 2.11. The molecule has 2 aromatic rings. The molecule has 1 heterocycles. The SMILES string of the molecule is C[C@@H](CC(=N)c1ncc(C#N)cn1)NCc1ccc(Cl)cc1Cl. The van der Waals surface area contributed by atoms with Crippen LogP contribution in [-0.2, 0) is 6.54 Å². The van der Waals surface area contributed by atoms with Gasteiger partial charge in [0.05, 0.1) is 11.3 Å². The van der Waals surface area contributed by atoms with Gasteiger partial charge in [-0.15, -0.1) is 0 Å². The Kier molecular flexibility index (Phi) is 6.05. The smallest absolute Gasteiger partial charge is 0.173 e. The molecule has 0 aliphatic carbocycles. The van der Waals surface area contributed by atoms with Crippen LogP contribution >= 0.6 is 23.2 Å². The molecule has 23 heavy (non-hydrogen) atoms. The van der Waals surface area contributed by atoms with Gasteiger partial charge in [-0.3, -0.25) is 0 Å². The predicted octanol–water partition coefficient (Wildman–Crippen LogP) is 3.59. The van der Waals surface area contributed by atoms with E-state index >= 15 is 0 Å². The fourth-order valence-corrected chi connectivity index (χ4v) is 2.44. The second-order valence-electron chi connectivity index (χ2n) is 5.11. The van der Waals surface area contributed by atoms with Crippen LogP contribution in [0.4, 0.5) is 0 Å². The van der Waals surface area contributed by atoms with Crippen LogP contribution in [0, 0.1) is 16.7 Å². The highest BCUT2D eigenvalue weighted by molar-refractivity contribution is 6.35. The average Bonchev–Trinajstić information content (AvgIpc) is 2.54. The summed E-state index contributed by atoms with van der Waals surface area (Å²) >= 11 is 12.0. The van der Waals surface area contributed by atoms with Gasteiger partial charge in [0.2, 0.25) is 0 Å². The summed E-state index contributed by atoms with van der Waals surface area (Å²) in [5, 5.41) is 21.3. The van der Waals surface area contributed by atoms with Crippen molar-refractivity contribution in [3.05, 3.63) is 57.6 Å². The molecule has 0 saturated carbocycles. The van der Waals surface area contributed by atoms with Crippen molar-refractivity contribution in [2.75, 3.05) is 0 Å². The Morgan fingerprint density at radius 3 is 2.65 bits per heavy atom. The Morgan fingerprint density at radius 2 is 2.04 bits per heavy atom.